The summed E-state index contributed by atoms with van der Waals surface area (Å²) in [6.45, 7) is 0. The van der Waals surface area contributed by atoms with Crippen molar-refractivity contribution in [3.05, 3.63) is 102 Å². The molecule has 1 unspecified atom stereocenters. The van der Waals surface area contributed by atoms with Gasteiger partial charge in [0.15, 0.2) is 0 Å². The van der Waals surface area contributed by atoms with E-state index in [2.05, 4.69) is 10.6 Å². The molecule has 0 radical (unpaired) electrons. The number of anilines is 1. The van der Waals surface area contributed by atoms with Crippen LogP contribution in [0.15, 0.2) is 106 Å². The molecule has 0 fully saturated rings. The van der Waals surface area contributed by atoms with Crippen molar-refractivity contribution >= 4 is 27.3 Å². The van der Waals surface area contributed by atoms with E-state index < -0.39 is 21.7 Å². The first-order valence-electron chi connectivity index (χ1n) is 10.3. The molecule has 3 N–H and O–H groups in total. The third-order valence-electron chi connectivity index (χ3n) is 5.32. The average Bonchev–Trinajstić information content (AvgIpc) is 2.80. The van der Waals surface area contributed by atoms with E-state index in [-0.39, 0.29) is 33.6 Å². The van der Waals surface area contributed by atoms with Crippen LogP contribution in [-0.2, 0) is 25.8 Å². The smallest absolute Gasteiger partial charge is 0.264 e. The number of nitrogens with one attached hydrogen (secondary N) is 2. The van der Waals surface area contributed by atoms with Crippen LogP contribution in [0, 0.1) is 0 Å². The van der Waals surface area contributed by atoms with Gasteiger partial charge in [-0.25, -0.2) is 8.42 Å². The second kappa shape index (κ2) is 9.30. The lowest BCUT2D eigenvalue weighted by Gasteiger charge is -2.25. The molecule has 1 aliphatic rings. The number of amides is 2. The van der Waals surface area contributed by atoms with Gasteiger partial charge in [-0.2, -0.15) is 0 Å². The number of carbonyl (C=O) groups is 2. The van der Waals surface area contributed by atoms with E-state index in [1.165, 1.54) is 36.4 Å². The summed E-state index contributed by atoms with van der Waals surface area (Å²) in [4.78, 5) is 25.4. The predicted octanol–water partition coefficient (Wildman–Crippen LogP) is 3.40. The van der Waals surface area contributed by atoms with Gasteiger partial charge in [0.25, 0.3) is 11.8 Å². The van der Waals surface area contributed by atoms with Crippen LogP contribution in [-0.4, -0.2) is 31.4 Å². The highest BCUT2D eigenvalue weighted by Gasteiger charge is 2.31. The summed E-state index contributed by atoms with van der Waals surface area (Å²) in [5.74, 6) is -1.69. The van der Waals surface area contributed by atoms with Gasteiger partial charge in [-0.1, -0.05) is 48.5 Å². The van der Waals surface area contributed by atoms with Crippen molar-refractivity contribution in [3.8, 4) is 0 Å². The Kier molecular flexibility index (Phi) is 6.28. The Hall–Kier alpha value is -3.91. The second-order valence-corrected chi connectivity index (χ2v) is 9.63. The number of benzene rings is 3. The first-order valence-corrected chi connectivity index (χ1v) is 11.8. The predicted molar refractivity (Wildman–Crippen MR) is 123 cm³/mol. The highest BCUT2D eigenvalue weighted by atomic mass is 32.2. The largest absolute Gasteiger partial charge is 0.511 e. The molecule has 1 aliphatic heterocycles. The van der Waals surface area contributed by atoms with Crippen molar-refractivity contribution in [2.75, 3.05) is 5.32 Å². The molecule has 0 aliphatic carbocycles. The van der Waals surface area contributed by atoms with Gasteiger partial charge in [0.1, 0.15) is 11.3 Å². The maximum absolute atomic E-state index is 12.7. The minimum absolute atomic E-state index is 0.0768. The van der Waals surface area contributed by atoms with Crippen LogP contribution in [0.1, 0.15) is 12.0 Å². The topological polar surface area (TPSA) is 113 Å². The minimum Gasteiger partial charge on any atom is -0.511 e. The van der Waals surface area contributed by atoms with Gasteiger partial charge in [-0.05, 0) is 48.4 Å². The van der Waals surface area contributed by atoms with E-state index >= 15 is 0 Å². The number of rotatable bonds is 6. The zero-order chi connectivity index (χ0) is 23.4. The zero-order valence-electron chi connectivity index (χ0n) is 17.6. The number of hydrogen-bond donors (Lipinski definition) is 3. The van der Waals surface area contributed by atoms with Crippen LogP contribution < -0.4 is 10.6 Å². The third-order valence-corrected chi connectivity index (χ3v) is 7.10. The Morgan fingerprint density at radius 2 is 1.48 bits per heavy atom. The van der Waals surface area contributed by atoms with E-state index in [4.69, 9.17) is 0 Å². The molecule has 168 valence electrons. The molecule has 3 aromatic carbocycles. The standard InChI is InChI=1S/C25H22N2O5S/c28-22-16-19(15-17-7-3-1-4-8-17)27-25(30)23(22)24(29)26-18-11-13-21(14-12-18)33(31,32)20-9-5-2-6-10-20/h1-14,19,28H,15-16H2,(H,26,29)(H,27,30). The Balaban J connectivity index is 1.45. The fraction of sp³-hybridized carbons (Fsp3) is 0.120. The molecular weight excluding hydrogens is 440 g/mol. The molecule has 7 nitrogen and oxygen atoms in total. The van der Waals surface area contributed by atoms with Crippen LogP contribution in [0.3, 0.4) is 0 Å². The molecule has 3 aromatic rings. The van der Waals surface area contributed by atoms with E-state index in [1.807, 2.05) is 30.3 Å². The number of aliphatic hydroxyl groups excluding tert-OH is 1. The quantitative estimate of drug-likeness (QED) is 0.486. The van der Waals surface area contributed by atoms with Gasteiger partial charge in [0.2, 0.25) is 9.84 Å². The van der Waals surface area contributed by atoms with Crippen molar-refractivity contribution in [2.24, 2.45) is 0 Å². The molecule has 1 atom stereocenters. The molecule has 0 saturated carbocycles. The average molecular weight is 463 g/mol. The lowest BCUT2D eigenvalue weighted by molar-refractivity contribution is -0.122. The molecule has 0 aromatic heterocycles. The maximum Gasteiger partial charge on any atom is 0.264 e. The van der Waals surface area contributed by atoms with Gasteiger partial charge in [-0.3, -0.25) is 9.59 Å². The molecule has 2 amide bonds. The Labute approximate surface area is 191 Å². The van der Waals surface area contributed by atoms with E-state index in [1.54, 1.807) is 18.2 Å². The lowest BCUT2D eigenvalue weighted by Crippen LogP contribution is -2.44. The molecule has 8 heteroatoms. The Morgan fingerprint density at radius 3 is 2.09 bits per heavy atom. The number of carbonyl (C=O) groups excluding carboxylic acids is 2. The highest BCUT2D eigenvalue weighted by molar-refractivity contribution is 7.91. The van der Waals surface area contributed by atoms with Crippen molar-refractivity contribution in [2.45, 2.75) is 28.7 Å². The van der Waals surface area contributed by atoms with Crippen molar-refractivity contribution in [3.63, 3.8) is 0 Å². The molecule has 0 saturated heterocycles. The lowest BCUT2D eigenvalue weighted by atomic mass is 9.96. The van der Waals surface area contributed by atoms with E-state index in [0.29, 0.717) is 12.1 Å². The number of aliphatic hydroxyl groups is 1. The highest BCUT2D eigenvalue weighted by Crippen LogP contribution is 2.23. The normalized spacial score (nSPS) is 16.2. The molecule has 1 heterocycles. The number of hydrogen-bond acceptors (Lipinski definition) is 5. The molecule has 4 rings (SSSR count). The third kappa shape index (κ3) is 4.96. The fourth-order valence-corrected chi connectivity index (χ4v) is 4.96. The summed E-state index contributed by atoms with van der Waals surface area (Å²) in [6.07, 6.45) is 0.667. The maximum atomic E-state index is 12.7. The minimum atomic E-state index is -3.68. The summed E-state index contributed by atoms with van der Waals surface area (Å²) in [6, 6.07) is 22.9. The van der Waals surface area contributed by atoms with Gasteiger partial charge >= 0.3 is 0 Å². The van der Waals surface area contributed by atoms with Gasteiger partial charge < -0.3 is 15.7 Å². The fourth-order valence-electron chi connectivity index (χ4n) is 3.68. The second-order valence-electron chi connectivity index (χ2n) is 7.68. The monoisotopic (exact) mass is 462 g/mol. The van der Waals surface area contributed by atoms with E-state index in [9.17, 15) is 23.1 Å². The Bertz CT molecular complexity index is 1300. The molecular formula is C25H22N2O5S. The van der Waals surface area contributed by atoms with Crippen LogP contribution in [0.5, 0.6) is 0 Å². The molecule has 0 spiro atoms. The summed E-state index contributed by atoms with van der Waals surface area (Å²) >= 11 is 0. The Morgan fingerprint density at radius 1 is 0.909 bits per heavy atom. The molecule has 0 bridgehead atoms. The summed E-state index contributed by atoms with van der Waals surface area (Å²) in [5.41, 5.74) is 0.959. The summed E-state index contributed by atoms with van der Waals surface area (Å²) in [5, 5.41) is 15.7. The van der Waals surface area contributed by atoms with Crippen molar-refractivity contribution < 1.29 is 23.1 Å². The summed E-state index contributed by atoms with van der Waals surface area (Å²) in [7, 11) is -3.68. The van der Waals surface area contributed by atoms with Gasteiger partial charge in [-0.15, -0.1) is 0 Å². The van der Waals surface area contributed by atoms with Crippen molar-refractivity contribution in [1.29, 1.82) is 0 Å². The zero-order valence-corrected chi connectivity index (χ0v) is 18.4. The van der Waals surface area contributed by atoms with Crippen LogP contribution in [0.25, 0.3) is 0 Å². The van der Waals surface area contributed by atoms with Gasteiger partial charge in [0, 0.05) is 18.2 Å². The molecule has 33 heavy (non-hydrogen) atoms. The number of sulfone groups is 1. The first-order chi connectivity index (χ1) is 15.8. The van der Waals surface area contributed by atoms with E-state index in [0.717, 1.165) is 5.56 Å². The van der Waals surface area contributed by atoms with Crippen molar-refractivity contribution in [1.82, 2.24) is 5.32 Å². The summed E-state index contributed by atoms with van der Waals surface area (Å²) < 4.78 is 25.4. The SMILES string of the molecule is O=C(Nc1ccc(S(=O)(=O)c2ccccc2)cc1)C1=C(O)CC(Cc2ccccc2)NC1=O. The first kappa shape index (κ1) is 22.3. The van der Waals surface area contributed by atoms with Gasteiger partial charge in [0.05, 0.1) is 9.79 Å². The van der Waals surface area contributed by atoms with Crippen LogP contribution >= 0.6 is 0 Å². The van der Waals surface area contributed by atoms with Crippen LogP contribution in [0.4, 0.5) is 5.69 Å². The van der Waals surface area contributed by atoms with Crippen LogP contribution in [0.2, 0.25) is 0 Å².